The van der Waals surface area contributed by atoms with Gasteiger partial charge in [-0.3, -0.25) is 0 Å². The molecule has 1 heterocycles. The van der Waals surface area contributed by atoms with Crippen molar-refractivity contribution in [3.8, 4) is 11.1 Å². The van der Waals surface area contributed by atoms with Crippen molar-refractivity contribution in [3.63, 3.8) is 0 Å². The van der Waals surface area contributed by atoms with E-state index in [-0.39, 0.29) is 16.5 Å². The first-order valence-corrected chi connectivity index (χ1v) is 10.7. The quantitative estimate of drug-likeness (QED) is 0.246. The SMILES string of the molecule is CC(C)c1nc(N)c2cc(N)c(C=N)cc2c1-c1ccc(F)cc1.COSC(C)(C)C. The third kappa shape index (κ3) is 6.18. The summed E-state index contributed by atoms with van der Waals surface area (Å²) < 4.78 is 18.4. The molecular formula is C24H31FN4OS. The molecule has 7 heteroatoms. The maximum atomic E-state index is 13.3. The summed E-state index contributed by atoms with van der Waals surface area (Å²) in [7, 11) is 1.69. The minimum atomic E-state index is -0.290. The van der Waals surface area contributed by atoms with E-state index >= 15 is 0 Å². The van der Waals surface area contributed by atoms with Crippen molar-refractivity contribution in [1.82, 2.24) is 4.98 Å². The molecule has 31 heavy (non-hydrogen) atoms. The highest BCUT2D eigenvalue weighted by Crippen LogP contribution is 2.38. The minimum absolute atomic E-state index is 0.137. The fourth-order valence-corrected chi connectivity index (χ4v) is 3.65. The Balaban J connectivity index is 0.000000423. The van der Waals surface area contributed by atoms with Gasteiger partial charge in [0.05, 0.1) is 12.8 Å². The van der Waals surface area contributed by atoms with Crippen LogP contribution in [0.3, 0.4) is 0 Å². The number of rotatable bonds is 4. The van der Waals surface area contributed by atoms with Gasteiger partial charge in [-0.1, -0.05) is 26.0 Å². The number of nitrogens with two attached hydrogens (primary N) is 2. The van der Waals surface area contributed by atoms with Crippen LogP contribution >= 0.6 is 12.0 Å². The van der Waals surface area contributed by atoms with Gasteiger partial charge in [0.1, 0.15) is 11.6 Å². The average molecular weight is 443 g/mol. The first-order chi connectivity index (χ1) is 14.5. The number of anilines is 2. The normalized spacial score (nSPS) is 11.4. The monoisotopic (exact) mass is 442 g/mol. The highest BCUT2D eigenvalue weighted by atomic mass is 32.2. The lowest BCUT2D eigenvalue weighted by atomic mass is 9.91. The van der Waals surface area contributed by atoms with Crippen molar-refractivity contribution in [1.29, 1.82) is 5.41 Å². The van der Waals surface area contributed by atoms with E-state index in [2.05, 4.69) is 25.8 Å². The highest BCUT2D eigenvalue weighted by Gasteiger charge is 2.18. The molecule has 0 aliphatic carbocycles. The Bertz CT molecular complexity index is 1060. The van der Waals surface area contributed by atoms with E-state index in [1.807, 2.05) is 19.9 Å². The maximum absolute atomic E-state index is 13.3. The largest absolute Gasteiger partial charge is 0.398 e. The number of nitrogen functional groups attached to an aromatic ring is 2. The standard InChI is InChI=1S/C19H19FN4.C5H12OS/c1-10(2)18-17(11-3-5-13(20)6-4-11)14-7-12(9-21)16(22)8-15(14)19(23)24-18;1-5(2,3)7-6-4/h3-10,21H,22H2,1-2H3,(H2,23,24);1-4H3. The Morgan fingerprint density at radius 1 is 1.10 bits per heavy atom. The number of aromatic nitrogens is 1. The molecule has 1 aromatic heterocycles. The second kappa shape index (κ2) is 10.1. The molecule has 0 aliphatic rings. The minimum Gasteiger partial charge on any atom is -0.398 e. The van der Waals surface area contributed by atoms with Crippen molar-refractivity contribution in [2.24, 2.45) is 0 Å². The summed E-state index contributed by atoms with van der Waals surface area (Å²) >= 11 is 1.49. The summed E-state index contributed by atoms with van der Waals surface area (Å²) in [6.07, 6.45) is 1.22. The van der Waals surface area contributed by atoms with Gasteiger partial charge in [0.2, 0.25) is 0 Å². The Morgan fingerprint density at radius 3 is 2.16 bits per heavy atom. The molecule has 0 saturated carbocycles. The van der Waals surface area contributed by atoms with Crippen LogP contribution in [0.2, 0.25) is 0 Å². The van der Waals surface area contributed by atoms with Gasteiger partial charge in [0.25, 0.3) is 0 Å². The predicted octanol–water partition coefficient (Wildman–Crippen LogP) is 6.41. The average Bonchev–Trinajstić information content (AvgIpc) is 2.68. The van der Waals surface area contributed by atoms with Gasteiger partial charge in [-0.2, -0.15) is 0 Å². The molecule has 0 aliphatic heterocycles. The van der Waals surface area contributed by atoms with Crippen molar-refractivity contribution >= 4 is 40.5 Å². The van der Waals surface area contributed by atoms with E-state index < -0.39 is 0 Å². The van der Waals surface area contributed by atoms with Crippen LogP contribution in [-0.4, -0.2) is 23.1 Å². The van der Waals surface area contributed by atoms with Gasteiger partial charge < -0.3 is 21.1 Å². The van der Waals surface area contributed by atoms with Crippen molar-refractivity contribution < 1.29 is 8.57 Å². The third-order valence-electron chi connectivity index (χ3n) is 4.43. The number of fused-ring (bicyclic) bond motifs is 1. The van der Waals surface area contributed by atoms with E-state index in [0.29, 0.717) is 17.1 Å². The molecule has 0 saturated heterocycles. The van der Waals surface area contributed by atoms with Crippen LogP contribution in [0.15, 0.2) is 36.4 Å². The summed E-state index contributed by atoms with van der Waals surface area (Å²) in [6, 6.07) is 9.91. The van der Waals surface area contributed by atoms with Gasteiger partial charge in [-0.15, -0.1) is 0 Å². The second-order valence-electron chi connectivity index (χ2n) is 8.45. The van der Waals surface area contributed by atoms with Crippen molar-refractivity contribution in [3.05, 3.63) is 53.5 Å². The fourth-order valence-electron chi connectivity index (χ4n) is 3.15. The molecular weight excluding hydrogens is 411 g/mol. The maximum Gasteiger partial charge on any atom is 0.131 e. The van der Waals surface area contributed by atoms with Crippen LogP contribution in [0.25, 0.3) is 21.9 Å². The molecule has 0 amide bonds. The van der Waals surface area contributed by atoms with Crippen LogP contribution < -0.4 is 11.5 Å². The smallest absolute Gasteiger partial charge is 0.131 e. The zero-order valence-electron chi connectivity index (χ0n) is 18.9. The molecule has 5 N–H and O–H groups in total. The summed E-state index contributed by atoms with van der Waals surface area (Å²) in [6.45, 7) is 10.4. The van der Waals surface area contributed by atoms with Crippen LogP contribution in [-0.2, 0) is 4.18 Å². The molecule has 5 nitrogen and oxygen atoms in total. The topological polar surface area (TPSA) is 98.0 Å². The lowest BCUT2D eigenvalue weighted by Crippen LogP contribution is -2.06. The van der Waals surface area contributed by atoms with Crippen LogP contribution in [0.1, 0.15) is 51.8 Å². The van der Waals surface area contributed by atoms with E-state index in [9.17, 15) is 4.39 Å². The van der Waals surface area contributed by atoms with E-state index in [4.69, 9.17) is 21.1 Å². The van der Waals surface area contributed by atoms with Crippen LogP contribution in [0.4, 0.5) is 15.9 Å². The Labute approximate surface area is 188 Å². The number of halogens is 1. The number of nitrogens with zero attached hydrogens (tertiary/aromatic N) is 1. The van der Waals surface area contributed by atoms with Crippen LogP contribution in [0, 0.1) is 11.2 Å². The van der Waals surface area contributed by atoms with Crippen molar-refractivity contribution in [2.75, 3.05) is 18.6 Å². The molecule has 3 aromatic rings. The summed E-state index contributed by atoms with van der Waals surface area (Å²) in [4.78, 5) is 4.57. The molecule has 0 spiro atoms. The lowest BCUT2D eigenvalue weighted by Gasteiger charge is -2.18. The molecule has 0 fully saturated rings. The number of nitrogens with one attached hydrogen (secondary N) is 1. The fraction of sp³-hybridized carbons (Fsp3) is 0.333. The molecule has 3 rings (SSSR count). The number of hydrogen-bond acceptors (Lipinski definition) is 6. The number of benzene rings is 2. The van der Waals surface area contributed by atoms with Gasteiger partial charge >= 0.3 is 0 Å². The van der Waals surface area contributed by atoms with E-state index in [0.717, 1.165) is 27.6 Å². The summed E-state index contributed by atoms with van der Waals surface area (Å²) in [5, 5.41) is 9.16. The first kappa shape index (κ1) is 24.6. The van der Waals surface area contributed by atoms with Crippen LogP contribution in [0.5, 0.6) is 0 Å². The lowest BCUT2D eigenvalue weighted by molar-refractivity contribution is 0.475. The Morgan fingerprint density at radius 2 is 1.71 bits per heavy atom. The molecule has 166 valence electrons. The number of pyridine rings is 1. The van der Waals surface area contributed by atoms with Gasteiger partial charge in [0.15, 0.2) is 0 Å². The molecule has 2 aromatic carbocycles. The molecule has 0 radical (unpaired) electrons. The zero-order chi connectivity index (χ0) is 23.3. The molecule has 0 unspecified atom stereocenters. The van der Waals surface area contributed by atoms with Gasteiger partial charge in [-0.05, 0) is 73.9 Å². The second-order valence-corrected chi connectivity index (χ2v) is 10.2. The summed E-state index contributed by atoms with van der Waals surface area (Å²) in [5.41, 5.74) is 15.8. The molecule has 0 atom stereocenters. The van der Waals surface area contributed by atoms with Gasteiger partial charge in [0, 0.05) is 33.2 Å². The predicted molar refractivity (Wildman–Crippen MR) is 132 cm³/mol. The highest BCUT2D eigenvalue weighted by molar-refractivity contribution is 7.96. The zero-order valence-corrected chi connectivity index (χ0v) is 19.7. The van der Waals surface area contributed by atoms with E-state index in [1.165, 1.54) is 30.4 Å². The summed E-state index contributed by atoms with van der Waals surface area (Å²) in [5.74, 6) is 0.252. The Kier molecular flexibility index (Phi) is 8.03. The number of hydrogen-bond donors (Lipinski definition) is 3. The molecule has 0 bridgehead atoms. The third-order valence-corrected chi connectivity index (χ3v) is 5.10. The Hall–Kier alpha value is -2.64. The first-order valence-electron chi connectivity index (χ1n) is 9.99. The van der Waals surface area contributed by atoms with Crippen molar-refractivity contribution in [2.45, 2.75) is 45.3 Å². The van der Waals surface area contributed by atoms with Gasteiger partial charge in [-0.25, -0.2) is 9.37 Å². The van der Waals surface area contributed by atoms with E-state index in [1.54, 1.807) is 25.3 Å².